The maximum atomic E-state index is 12.1. The molecule has 0 atom stereocenters. The van der Waals surface area contributed by atoms with Crippen molar-refractivity contribution in [3.8, 4) is 0 Å². The van der Waals surface area contributed by atoms with E-state index in [2.05, 4.69) is 32.1 Å². The summed E-state index contributed by atoms with van der Waals surface area (Å²) in [5, 5.41) is 8.34. The van der Waals surface area contributed by atoms with Gasteiger partial charge in [0, 0.05) is 39.1 Å². The maximum Gasteiger partial charge on any atom is 0.222 e. The van der Waals surface area contributed by atoms with Gasteiger partial charge in [-0.25, -0.2) is 14.6 Å². The van der Waals surface area contributed by atoms with Crippen LogP contribution < -0.4 is 4.90 Å². The van der Waals surface area contributed by atoms with Crippen LogP contribution >= 0.6 is 0 Å². The molecular weight excluding hydrogens is 294 g/mol. The Hall–Kier alpha value is -2.25. The predicted molar refractivity (Wildman–Crippen MR) is 87.1 cm³/mol. The van der Waals surface area contributed by atoms with Gasteiger partial charge < -0.3 is 9.80 Å². The van der Waals surface area contributed by atoms with Gasteiger partial charge in [-0.1, -0.05) is 18.6 Å². The van der Waals surface area contributed by atoms with E-state index in [1.54, 1.807) is 11.0 Å². The summed E-state index contributed by atoms with van der Waals surface area (Å²) < 4.78 is 1.77. The zero-order valence-electron chi connectivity index (χ0n) is 13.8. The number of carbonyl (C=O) groups excluding carboxylic acids is 1. The molecule has 0 radical (unpaired) electrons. The van der Waals surface area contributed by atoms with Crippen molar-refractivity contribution in [2.45, 2.75) is 39.7 Å². The average Bonchev–Trinajstić information content (AvgIpc) is 3.03. The van der Waals surface area contributed by atoms with Crippen molar-refractivity contribution >= 4 is 22.9 Å². The number of rotatable bonds is 5. The Labute approximate surface area is 135 Å². The van der Waals surface area contributed by atoms with Crippen molar-refractivity contribution in [1.82, 2.24) is 29.9 Å². The second-order valence-electron chi connectivity index (χ2n) is 5.75. The second kappa shape index (κ2) is 6.89. The molecule has 0 spiro atoms. The summed E-state index contributed by atoms with van der Waals surface area (Å²) >= 11 is 0. The van der Waals surface area contributed by atoms with E-state index in [4.69, 9.17) is 0 Å². The number of hydrogen-bond donors (Lipinski definition) is 0. The van der Waals surface area contributed by atoms with E-state index in [0.717, 1.165) is 62.5 Å². The van der Waals surface area contributed by atoms with E-state index < -0.39 is 0 Å². The van der Waals surface area contributed by atoms with Crippen molar-refractivity contribution in [3.63, 3.8) is 0 Å². The molecule has 3 heterocycles. The highest BCUT2D eigenvalue weighted by Gasteiger charge is 2.24. The van der Waals surface area contributed by atoms with Crippen LogP contribution in [0, 0.1) is 0 Å². The van der Waals surface area contributed by atoms with E-state index in [1.165, 1.54) is 0 Å². The molecule has 1 aliphatic rings. The molecular formula is C15H23N7O. The Morgan fingerprint density at radius 3 is 2.65 bits per heavy atom. The van der Waals surface area contributed by atoms with Crippen LogP contribution in [0.5, 0.6) is 0 Å². The summed E-state index contributed by atoms with van der Waals surface area (Å²) in [4.78, 5) is 24.9. The van der Waals surface area contributed by atoms with Crippen LogP contribution in [0.15, 0.2) is 6.33 Å². The third-order valence-corrected chi connectivity index (χ3v) is 4.26. The van der Waals surface area contributed by atoms with Gasteiger partial charge in [0.25, 0.3) is 0 Å². The van der Waals surface area contributed by atoms with Crippen LogP contribution in [0.2, 0.25) is 0 Å². The molecule has 0 aromatic carbocycles. The van der Waals surface area contributed by atoms with Crippen molar-refractivity contribution in [3.05, 3.63) is 6.33 Å². The molecule has 1 fully saturated rings. The zero-order chi connectivity index (χ0) is 16.2. The predicted octanol–water partition coefficient (Wildman–Crippen LogP) is 1.08. The number of amides is 1. The van der Waals surface area contributed by atoms with Crippen molar-refractivity contribution in [2.24, 2.45) is 0 Å². The first-order chi connectivity index (χ1) is 11.2. The van der Waals surface area contributed by atoms with E-state index in [1.807, 2.05) is 11.8 Å². The first kappa shape index (κ1) is 15.6. The smallest absolute Gasteiger partial charge is 0.222 e. The van der Waals surface area contributed by atoms with Crippen molar-refractivity contribution < 1.29 is 4.79 Å². The number of piperazine rings is 1. The molecule has 0 saturated carbocycles. The highest BCUT2D eigenvalue weighted by atomic mass is 16.2. The molecule has 23 heavy (non-hydrogen) atoms. The number of fused-ring (bicyclic) bond motifs is 1. The molecule has 2 aromatic rings. The molecule has 0 N–H and O–H groups in total. The van der Waals surface area contributed by atoms with Gasteiger partial charge in [-0.15, -0.1) is 5.10 Å². The number of carbonyl (C=O) groups is 1. The number of aromatic nitrogens is 5. The van der Waals surface area contributed by atoms with E-state index >= 15 is 0 Å². The minimum absolute atomic E-state index is 0.260. The lowest BCUT2D eigenvalue weighted by atomic mass is 10.2. The van der Waals surface area contributed by atoms with Gasteiger partial charge in [-0.2, -0.15) is 0 Å². The number of unbranched alkanes of at least 4 members (excludes halogenated alkanes) is 1. The molecule has 2 aromatic heterocycles. The lowest BCUT2D eigenvalue weighted by Gasteiger charge is -2.35. The molecule has 1 amide bonds. The van der Waals surface area contributed by atoms with Crippen LogP contribution in [0.4, 0.5) is 5.82 Å². The third kappa shape index (κ3) is 3.11. The van der Waals surface area contributed by atoms with Gasteiger partial charge in [0.2, 0.25) is 5.91 Å². The molecule has 0 unspecified atom stereocenters. The van der Waals surface area contributed by atoms with E-state index in [0.29, 0.717) is 6.42 Å². The average molecular weight is 317 g/mol. The quantitative estimate of drug-likeness (QED) is 0.821. The number of nitrogens with zero attached hydrogens (tertiary/aromatic N) is 7. The molecule has 1 saturated heterocycles. The Bertz CT molecular complexity index is 676. The SMILES string of the molecule is CCCCC(=O)N1CCN(c2ncnc3c2nnn3CC)CC1. The summed E-state index contributed by atoms with van der Waals surface area (Å²) in [6.45, 7) is 7.84. The normalized spacial score (nSPS) is 15.4. The fraction of sp³-hybridized carbons (Fsp3) is 0.667. The van der Waals surface area contributed by atoms with Crippen molar-refractivity contribution in [1.29, 1.82) is 0 Å². The summed E-state index contributed by atoms with van der Waals surface area (Å²) in [6, 6.07) is 0. The largest absolute Gasteiger partial charge is 0.351 e. The van der Waals surface area contributed by atoms with Gasteiger partial charge in [0.05, 0.1) is 0 Å². The van der Waals surface area contributed by atoms with Gasteiger partial charge in [0.1, 0.15) is 6.33 Å². The Kier molecular flexibility index (Phi) is 4.68. The fourth-order valence-electron chi connectivity index (χ4n) is 2.88. The number of aryl methyl sites for hydroxylation is 1. The van der Waals surface area contributed by atoms with E-state index in [-0.39, 0.29) is 5.91 Å². The summed E-state index contributed by atoms with van der Waals surface area (Å²) in [6.07, 6.45) is 4.23. The standard InChI is InChI=1S/C15H23N7O/c1-3-5-6-12(23)20-7-9-21(10-8-20)14-13-15(17-11-16-14)22(4-2)19-18-13/h11H,3-10H2,1-2H3. The van der Waals surface area contributed by atoms with Gasteiger partial charge in [-0.05, 0) is 13.3 Å². The van der Waals surface area contributed by atoms with Crippen LogP contribution in [0.3, 0.4) is 0 Å². The van der Waals surface area contributed by atoms with Gasteiger partial charge in [-0.3, -0.25) is 4.79 Å². The Morgan fingerprint density at radius 1 is 1.17 bits per heavy atom. The third-order valence-electron chi connectivity index (χ3n) is 4.26. The molecule has 3 rings (SSSR count). The lowest BCUT2D eigenvalue weighted by molar-refractivity contribution is -0.131. The molecule has 8 heteroatoms. The number of anilines is 1. The van der Waals surface area contributed by atoms with Crippen LogP contribution in [-0.2, 0) is 11.3 Å². The topological polar surface area (TPSA) is 80.0 Å². The molecule has 1 aliphatic heterocycles. The molecule has 8 nitrogen and oxygen atoms in total. The minimum Gasteiger partial charge on any atom is -0.351 e. The fourth-order valence-corrected chi connectivity index (χ4v) is 2.88. The summed E-state index contributed by atoms with van der Waals surface area (Å²) in [5.74, 6) is 1.08. The lowest BCUT2D eigenvalue weighted by Crippen LogP contribution is -2.49. The van der Waals surface area contributed by atoms with Crippen molar-refractivity contribution in [2.75, 3.05) is 31.1 Å². The molecule has 124 valence electrons. The molecule has 0 bridgehead atoms. The molecule has 0 aliphatic carbocycles. The highest BCUT2D eigenvalue weighted by Crippen LogP contribution is 2.21. The van der Waals surface area contributed by atoms with E-state index in [9.17, 15) is 4.79 Å². The number of hydrogen-bond acceptors (Lipinski definition) is 6. The maximum absolute atomic E-state index is 12.1. The second-order valence-corrected chi connectivity index (χ2v) is 5.75. The minimum atomic E-state index is 0.260. The Balaban J connectivity index is 1.71. The monoisotopic (exact) mass is 317 g/mol. The zero-order valence-corrected chi connectivity index (χ0v) is 13.8. The highest BCUT2D eigenvalue weighted by molar-refractivity contribution is 5.83. The first-order valence-corrected chi connectivity index (χ1v) is 8.31. The summed E-state index contributed by atoms with van der Waals surface area (Å²) in [7, 11) is 0. The van der Waals surface area contributed by atoms with Crippen LogP contribution in [-0.4, -0.2) is 61.9 Å². The van der Waals surface area contributed by atoms with Gasteiger partial charge in [0.15, 0.2) is 17.0 Å². The van der Waals surface area contributed by atoms with Gasteiger partial charge >= 0.3 is 0 Å². The Morgan fingerprint density at radius 2 is 1.96 bits per heavy atom. The van der Waals surface area contributed by atoms with Crippen LogP contribution in [0.1, 0.15) is 33.1 Å². The van der Waals surface area contributed by atoms with Crippen LogP contribution in [0.25, 0.3) is 11.2 Å². The summed E-state index contributed by atoms with van der Waals surface area (Å²) in [5.41, 5.74) is 1.50. The first-order valence-electron chi connectivity index (χ1n) is 8.31.